The molecule has 1 N–H and O–H groups in total. The molecule has 0 bridgehead atoms. The molecule has 0 unspecified atom stereocenters. The number of hydrogen-bond acceptors (Lipinski definition) is 5. The number of amides is 1. The Morgan fingerprint density at radius 1 is 1.07 bits per heavy atom. The Kier molecular flexibility index (Phi) is 5.62. The van der Waals surface area contributed by atoms with Gasteiger partial charge in [0.25, 0.3) is 5.91 Å². The molecule has 0 aliphatic carbocycles. The third-order valence-corrected chi connectivity index (χ3v) is 6.54. The Labute approximate surface area is 172 Å². The van der Waals surface area contributed by atoms with E-state index in [0.29, 0.717) is 0 Å². The molecule has 1 aliphatic heterocycles. The van der Waals surface area contributed by atoms with Gasteiger partial charge >= 0.3 is 0 Å². The zero-order valence-electron chi connectivity index (χ0n) is 15.9. The summed E-state index contributed by atoms with van der Waals surface area (Å²) in [4.78, 5) is 12.5. The minimum absolute atomic E-state index is 0.147. The summed E-state index contributed by atoms with van der Waals surface area (Å²) >= 11 is 0. The average Bonchev–Trinajstić information content (AvgIpc) is 3.23. The smallest absolute Gasteiger partial charge is 0.259 e. The molecule has 8 nitrogen and oxygen atoms in total. The van der Waals surface area contributed by atoms with Gasteiger partial charge in [-0.25, -0.2) is 17.5 Å². The van der Waals surface area contributed by atoms with Crippen molar-refractivity contribution < 1.29 is 22.3 Å². The van der Waals surface area contributed by atoms with Gasteiger partial charge in [-0.1, -0.05) is 18.2 Å². The number of halogens is 1. The molecule has 156 valence electrons. The number of anilines is 1. The lowest BCUT2D eigenvalue weighted by Gasteiger charge is -2.26. The zero-order chi connectivity index (χ0) is 21.1. The van der Waals surface area contributed by atoms with E-state index in [0.717, 1.165) is 23.9 Å². The second kappa shape index (κ2) is 8.34. The molecule has 3 aromatic rings. The van der Waals surface area contributed by atoms with Crippen molar-refractivity contribution in [1.29, 1.82) is 0 Å². The van der Waals surface area contributed by atoms with Gasteiger partial charge in [0.05, 0.1) is 29.4 Å². The summed E-state index contributed by atoms with van der Waals surface area (Å²) in [5.74, 6) is -1.40. The van der Waals surface area contributed by atoms with Crippen LogP contribution in [0, 0.1) is 5.82 Å². The number of ether oxygens (including phenoxy) is 1. The maximum atomic E-state index is 14.3. The summed E-state index contributed by atoms with van der Waals surface area (Å²) < 4.78 is 47.9. The first-order valence-corrected chi connectivity index (χ1v) is 10.7. The van der Waals surface area contributed by atoms with Gasteiger partial charge in [-0.05, 0) is 30.3 Å². The summed E-state index contributed by atoms with van der Waals surface area (Å²) in [7, 11) is -3.85. The Morgan fingerprint density at radius 2 is 1.80 bits per heavy atom. The SMILES string of the molecule is O=C(Nc1ccn(-c2ccccc2)n1)c1cc(S(=O)(=O)N2CCOCC2)ccc1F. The summed E-state index contributed by atoms with van der Waals surface area (Å²) in [6, 6.07) is 14.0. The molecule has 0 saturated carbocycles. The molecule has 10 heteroatoms. The van der Waals surface area contributed by atoms with Crippen molar-refractivity contribution in [2.24, 2.45) is 0 Å². The van der Waals surface area contributed by atoms with Crippen molar-refractivity contribution in [3.05, 3.63) is 72.2 Å². The van der Waals surface area contributed by atoms with Gasteiger partial charge in [-0.15, -0.1) is 0 Å². The fourth-order valence-corrected chi connectivity index (χ4v) is 4.51. The molecule has 30 heavy (non-hydrogen) atoms. The lowest BCUT2D eigenvalue weighted by Crippen LogP contribution is -2.40. The molecule has 2 aromatic carbocycles. The van der Waals surface area contributed by atoms with Gasteiger partial charge in [0, 0.05) is 25.4 Å². The van der Waals surface area contributed by atoms with Crippen LogP contribution in [0.3, 0.4) is 0 Å². The Balaban J connectivity index is 1.56. The summed E-state index contributed by atoms with van der Waals surface area (Å²) in [5.41, 5.74) is 0.418. The van der Waals surface area contributed by atoms with E-state index in [1.165, 1.54) is 4.31 Å². The molecule has 1 aliphatic rings. The van der Waals surface area contributed by atoms with E-state index in [-0.39, 0.29) is 42.6 Å². The normalized spacial score (nSPS) is 15.1. The lowest BCUT2D eigenvalue weighted by atomic mass is 10.2. The topological polar surface area (TPSA) is 93.5 Å². The third-order valence-electron chi connectivity index (χ3n) is 4.64. The zero-order valence-corrected chi connectivity index (χ0v) is 16.7. The van der Waals surface area contributed by atoms with Crippen molar-refractivity contribution in [3.8, 4) is 5.69 Å². The van der Waals surface area contributed by atoms with Crippen molar-refractivity contribution in [1.82, 2.24) is 14.1 Å². The van der Waals surface area contributed by atoms with Gasteiger partial charge in [0.15, 0.2) is 5.82 Å². The first-order chi connectivity index (χ1) is 14.4. The van der Waals surface area contributed by atoms with E-state index >= 15 is 0 Å². The molecule has 2 heterocycles. The first kappa shape index (κ1) is 20.2. The third kappa shape index (κ3) is 4.11. The molecule has 0 radical (unpaired) electrons. The number of nitrogens with one attached hydrogen (secondary N) is 1. The monoisotopic (exact) mass is 430 g/mol. The quantitative estimate of drug-likeness (QED) is 0.670. The highest BCUT2D eigenvalue weighted by Gasteiger charge is 2.28. The predicted octanol–water partition coefficient (Wildman–Crippen LogP) is 2.28. The minimum Gasteiger partial charge on any atom is -0.379 e. The highest BCUT2D eigenvalue weighted by Crippen LogP contribution is 2.21. The van der Waals surface area contributed by atoms with E-state index in [4.69, 9.17) is 4.74 Å². The minimum atomic E-state index is -3.85. The number of benzene rings is 2. The maximum absolute atomic E-state index is 14.3. The Bertz CT molecular complexity index is 1160. The highest BCUT2D eigenvalue weighted by atomic mass is 32.2. The molecule has 1 aromatic heterocycles. The number of para-hydroxylation sites is 1. The van der Waals surface area contributed by atoms with Crippen molar-refractivity contribution in [3.63, 3.8) is 0 Å². The number of carbonyl (C=O) groups is 1. The molecule has 4 rings (SSSR count). The van der Waals surface area contributed by atoms with Gasteiger partial charge in [0.2, 0.25) is 10.0 Å². The molecule has 1 amide bonds. The van der Waals surface area contributed by atoms with Crippen LogP contribution in [-0.4, -0.2) is 54.7 Å². The van der Waals surface area contributed by atoms with Crippen molar-refractivity contribution in [2.75, 3.05) is 31.6 Å². The van der Waals surface area contributed by atoms with Crippen LogP contribution < -0.4 is 5.32 Å². The molecule has 1 saturated heterocycles. The number of morpholine rings is 1. The molecular weight excluding hydrogens is 411 g/mol. The maximum Gasteiger partial charge on any atom is 0.259 e. The highest BCUT2D eigenvalue weighted by molar-refractivity contribution is 7.89. The first-order valence-electron chi connectivity index (χ1n) is 9.25. The molecule has 0 spiro atoms. The van der Waals surface area contributed by atoms with Gasteiger partial charge < -0.3 is 10.1 Å². The summed E-state index contributed by atoms with van der Waals surface area (Å²) in [5, 5.41) is 6.75. The fourth-order valence-electron chi connectivity index (χ4n) is 3.07. The van der Waals surface area contributed by atoms with Crippen LogP contribution in [0.15, 0.2) is 65.7 Å². The Hall–Kier alpha value is -3.08. The largest absolute Gasteiger partial charge is 0.379 e. The number of aromatic nitrogens is 2. The second-order valence-corrected chi connectivity index (χ2v) is 8.53. The summed E-state index contributed by atoms with van der Waals surface area (Å²) in [6.45, 7) is 0.992. The van der Waals surface area contributed by atoms with Crippen LogP contribution in [0.2, 0.25) is 0 Å². The lowest BCUT2D eigenvalue weighted by molar-refractivity contribution is 0.0730. The van der Waals surface area contributed by atoms with Crippen LogP contribution in [0.1, 0.15) is 10.4 Å². The van der Waals surface area contributed by atoms with Crippen LogP contribution in [-0.2, 0) is 14.8 Å². The van der Waals surface area contributed by atoms with Crippen LogP contribution in [0.4, 0.5) is 10.2 Å². The van der Waals surface area contributed by atoms with Crippen LogP contribution in [0.5, 0.6) is 0 Å². The van der Waals surface area contributed by atoms with Gasteiger partial charge in [-0.2, -0.15) is 9.40 Å². The van der Waals surface area contributed by atoms with Gasteiger partial charge in [-0.3, -0.25) is 4.79 Å². The Morgan fingerprint density at radius 3 is 2.53 bits per heavy atom. The number of nitrogens with zero attached hydrogens (tertiary/aromatic N) is 3. The van der Waals surface area contributed by atoms with E-state index in [1.54, 1.807) is 16.9 Å². The van der Waals surface area contributed by atoms with E-state index in [1.807, 2.05) is 30.3 Å². The fraction of sp³-hybridized carbons (Fsp3) is 0.200. The van der Waals surface area contributed by atoms with Crippen LogP contribution in [0.25, 0.3) is 5.69 Å². The summed E-state index contributed by atoms with van der Waals surface area (Å²) in [6.07, 6.45) is 1.65. The van der Waals surface area contributed by atoms with E-state index in [9.17, 15) is 17.6 Å². The molecule has 1 fully saturated rings. The predicted molar refractivity (Wildman–Crippen MR) is 107 cm³/mol. The standard InChI is InChI=1S/C20H19FN4O4S/c21-18-7-6-16(30(27,28)24-10-12-29-13-11-24)14-17(18)20(26)22-19-8-9-25(23-19)15-4-2-1-3-5-15/h1-9,14H,10-13H2,(H,22,23,26). The average molecular weight is 430 g/mol. The van der Waals surface area contributed by atoms with E-state index < -0.39 is 21.7 Å². The van der Waals surface area contributed by atoms with Crippen molar-refractivity contribution in [2.45, 2.75) is 4.90 Å². The second-order valence-electron chi connectivity index (χ2n) is 6.59. The van der Waals surface area contributed by atoms with Crippen molar-refractivity contribution >= 4 is 21.7 Å². The number of hydrogen-bond donors (Lipinski definition) is 1. The van der Waals surface area contributed by atoms with Gasteiger partial charge in [0.1, 0.15) is 5.82 Å². The number of carbonyl (C=O) groups excluding carboxylic acids is 1. The molecular formula is C20H19FN4O4S. The number of sulfonamides is 1. The van der Waals surface area contributed by atoms with Crippen LogP contribution >= 0.6 is 0 Å². The molecule has 0 atom stereocenters. The number of rotatable bonds is 5. The van der Waals surface area contributed by atoms with E-state index in [2.05, 4.69) is 10.4 Å².